The summed E-state index contributed by atoms with van der Waals surface area (Å²) in [5.41, 5.74) is 0.375. The van der Waals surface area contributed by atoms with E-state index in [9.17, 15) is 9.59 Å². The molecule has 1 aliphatic rings. The predicted molar refractivity (Wildman–Crippen MR) is 118 cm³/mol. The standard InChI is InChI=1S/C19H28BBrClN3O4/c1-13(2)10-17(20-28-8-6-25(3)7-9-29-20)24-18(26)12-23-19(27)15-11-14(22)4-5-16(15)21/h4-5,11,13,17H,6-10,12H2,1-3H3,(H,23,27)(H,24,26)/t17-/m0/s1. The summed E-state index contributed by atoms with van der Waals surface area (Å²) in [6, 6.07) is 4.92. The lowest BCUT2D eigenvalue weighted by Gasteiger charge is -2.29. The van der Waals surface area contributed by atoms with Gasteiger partial charge in [0.1, 0.15) is 0 Å². The Morgan fingerprint density at radius 1 is 1.28 bits per heavy atom. The largest absolute Gasteiger partial charge is 0.480 e. The lowest BCUT2D eigenvalue weighted by atomic mass is 9.73. The second-order valence-electron chi connectivity index (χ2n) is 7.52. The topological polar surface area (TPSA) is 79.9 Å². The van der Waals surface area contributed by atoms with Gasteiger partial charge < -0.3 is 24.8 Å². The molecule has 0 saturated carbocycles. The van der Waals surface area contributed by atoms with Crippen LogP contribution in [0.15, 0.2) is 22.7 Å². The summed E-state index contributed by atoms with van der Waals surface area (Å²) in [6.45, 7) is 6.69. The van der Waals surface area contributed by atoms with Crippen LogP contribution in [0.1, 0.15) is 30.6 Å². The molecule has 160 valence electrons. The van der Waals surface area contributed by atoms with Crippen LogP contribution in [-0.4, -0.2) is 69.7 Å². The van der Waals surface area contributed by atoms with E-state index in [-0.39, 0.29) is 24.3 Å². The molecule has 1 fully saturated rings. The first-order valence-corrected chi connectivity index (χ1v) is 10.9. The van der Waals surface area contributed by atoms with Gasteiger partial charge in [-0.2, -0.15) is 0 Å². The average Bonchev–Trinajstić information content (AvgIpc) is 2.63. The van der Waals surface area contributed by atoms with Gasteiger partial charge in [0.25, 0.3) is 5.91 Å². The summed E-state index contributed by atoms with van der Waals surface area (Å²) in [5, 5.41) is 6.03. The van der Waals surface area contributed by atoms with Crippen LogP contribution < -0.4 is 10.6 Å². The number of likely N-dealkylation sites (N-methyl/N-ethyl adjacent to an activating group) is 1. The number of amides is 2. The van der Waals surface area contributed by atoms with Crippen molar-refractivity contribution in [3.8, 4) is 0 Å². The fraction of sp³-hybridized carbons (Fsp3) is 0.579. The summed E-state index contributed by atoms with van der Waals surface area (Å²) in [4.78, 5) is 27.0. The summed E-state index contributed by atoms with van der Waals surface area (Å²) >= 11 is 9.27. The van der Waals surface area contributed by atoms with Gasteiger partial charge in [0.05, 0.1) is 18.0 Å². The van der Waals surface area contributed by atoms with E-state index in [1.54, 1.807) is 18.2 Å². The monoisotopic (exact) mass is 487 g/mol. The number of carbonyl (C=O) groups is 2. The number of benzene rings is 1. The second kappa shape index (κ2) is 11.9. The molecule has 0 spiro atoms. The Labute approximate surface area is 186 Å². The Hall–Kier alpha value is -1.13. The molecule has 0 unspecified atom stereocenters. The Kier molecular flexibility index (Phi) is 9.91. The van der Waals surface area contributed by atoms with Crippen LogP contribution in [0.2, 0.25) is 5.02 Å². The van der Waals surface area contributed by atoms with Gasteiger partial charge in [-0.25, -0.2) is 0 Å². The Morgan fingerprint density at radius 3 is 2.55 bits per heavy atom. The Bertz CT molecular complexity index is 700. The number of hydrogen-bond donors (Lipinski definition) is 2. The van der Waals surface area contributed by atoms with Gasteiger partial charge >= 0.3 is 7.12 Å². The molecule has 1 aliphatic heterocycles. The minimum absolute atomic E-state index is 0.151. The summed E-state index contributed by atoms with van der Waals surface area (Å²) < 4.78 is 12.3. The van der Waals surface area contributed by atoms with Crippen LogP contribution in [0.25, 0.3) is 0 Å². The van der Waals surface area contributed by atoms with Crippen molar-refractivity contribution >= 4 is 46.5 Å². The van der Waals surface area contributed by atoms with Crippen molar-refractivity contribution in [2.45, 2.75) is 26.2 Å². The highest BCUT2D eigenvalue weighted by molar-refractivity contribution is 9.10. The van der Waals surface area contributed by atoms with Gasteiger partial charge in [-0.3, -0.25) is 9.59 Å². The van der Waals surface area contributed by atoms with Gasteiger partial charge in [0.2, 0.25) is 5.91 Å². The number of nitrogens with one attached hydrogen (secondary N) is 2. The zero-order valence-corrected chi connectivity index (χ0v) is 19.4. The fourth-order valence-corrected chi connectivity index (χ4v) is 3.57. The third kappa shape index (κ3) is 8.26. The molecule has 29 heavy (non-hydrogen) atoms. The molecular weight excluding hydrogens is 460 g/mol. The molecule has 1 heterocycles. The number of rotatable bonds is 7. The van der Waals surface area contributed by atoms with Crippen LogP contribution in [-0.2, 0) is 14.1 Å². The van der Waals surface area contributed by atoms with Crippen LogP contribution >= 0.6 is 27.5 Å². The maximum Gasteiger partial charge on any atom is 0.480 e. The van der Waals surface area contributed by atoms with Crippen molar-refractivity contribution < 1.29 is 18.9 Å². The fourth-order valence-electron chi connectivity index (χ4n) is 2.97. The van der Waals surface area contributed by atoms with Gasteiger partial charge in [0, 0.05) is 35.8 Å². The first-order valence-electron chi connectivity index (χ1n) is 9.70. The molecule has 2 amide bonds. The van der Waals surface area contributed by atoms with E-state index in [0.717, 1.165) is 13.1 Å². The lowest BCUT2D eigenvalue weighted by Crippen LogP contribution is -2.54. The molecule has 1 aromatic rings. The smallest absolute Gasteiger partial charge is 0.408 e. The highest BCUT2D eigenvalue weighted by Gasteiger charge is 2.33. The number of halogens is 2. The number of hydrogen-bond acceptors (Lipinski definition) is 5. The lowest BCUT2D eigenvalue weighted by molar-refractivity contribution is -0.120. The average molecular weight is 489 g/mol. The molecule has 1 atom stereocenters. The van der Waals surface area contributed by atoms with E-state index < -0.39 is 7.12 Å². The Morgan fingerprint density at radius 2 is 1.93 bits per heavy atom. The van der Waals surface area contributed by atoms with E-state index >= 15 is 0 Å². The van der Waals surface area contributed by atoms with Crippen LogP contribution in [0, 0.1) is 5.92 Å². The van der Waals surface area contributed by atoms with Crippen molar-refractivity contribution in [2.75, 3.05) is 39.9 Å². The normalized spacial score (nSPS) is 16.8. The van der Waals surface area contributed by atoms with E-state index in [0.29, 0.717) is 40.6 Å². The molecule has 7 nitrogen and oxygen atoms in total. The summed E-state index contributed by atoms with van der Waals surface area (Å²) in [5.74, 6) is -0.622. The second-order valence-corrected chi connectivity index (χ2v) is 8.81. The highest BCUT2D eigenvalue weighted by atomic mass is 79.9. The summed E-state index contributed by atoms with van der Waals surface area (Å²) in [6.07, 6.45) is 0.708. The van der Waals surface area contributed by atoms with E-state index in [4.69, 9.17) is 20.9 Å². The highest BCUT2D eigenvalue weighted by Crippen LogP contribution is 2.21. The Balaban J connectivity index is 1.93. The first kappa shape index (κ1) is 24.1. The van der Waals surface area contributed by atoms with Gasteiger partial charge in [-0.15, -0.1) is 0 Å². The third-order valence-corrected chi connectivity index (χ3v) is 5.42. The molecule has 0 bridgehead atoms. The van der Waals surface area contributed by atoms with Gasteiger partial charge in [0.15, 0.2) is 0 Å². The SMILES string of the molecule is CC(C)C[C@H](NC(=O)CNC(=O)c1cc(Cl)ccc1Br)B1OCCN(C)CCO1. The first-order chi connectivity index (χ1) is 13.8. The van der Waals surface area contributed by atoms with Gasteiger partial charge in [-0.05, 0) is 53.5 Å². The van der Waals surface area contributed by atoms with Crippen molar-refractivity contribution in [3.63, 3.8) is 0 Å². The molecule has 1 saturated heterocycles. The van der Waals surface area contributed by atoms with E-state index in [1.807, 2.05) is 7.05 Å². The van der Waals surface area contributed by atoms with Crippen molar-refractivity contribution in [3.05, 3.63) is 33.3 Å². The molecule has 0 aliphatic carbocycles. The van der Waals surface area contributed by atoms with Crippen LogP contribution in [0.4, 0.5) is 0 Å². The number of nitrogens with zero attached hydrogens (tertiary/aromatic N) is 1. The zero-order chi connectivity index (χ0) is 21.4. The minimum atomic E-state index is -0.507. The summed E-state index contributed by atoms with van der Waals surface area (Å²) in [7, 11) is 1.51. The zero-order valence-electron chi connectivity index (χ0n) is 17.0. The maximum absolute atomic E-state index is 12.5. The molecule has 0 aromatic heterocycles. The molecule has 2 rings (SSSR count). The van der Waals surface area contributed by atoms with Crippen molar-refractivity contribution in [2.24, 2.45) is 5.92 Å². The van der Waals surface area contributed by atoms with E-state index in [2.05, 4.69) is 45.3 Å². The molecule has 2 N–H and O–H groups in total. The third-order valence-electron chi connectivity index (χ3n) is 4.49. The van der Waals surface area contributed by atoms with Crippen LogP contribution in [0.5, 0.6) is 0 Å². The quantitative estimate of drug-likeness (QED) is 0.576. The van der Waals surface area contributed by atoms with Crippen LogP contribution in [0.3, 0.4) is 0 Å². The number of carbonyl (C=O) groups excluding carboxylic acids is 2. The molecule has 0 radical (unpaired) electrons. The predicted octanol–water partition coefficient (Wildman–Crippen LogP) is 2.37. The molecule has 10 heteroatoms. The van der Waals surface area contributed by atoms with Gasteiger partial charge in [-0.1, -0.05) is 25.4 Å². The van der Waals surface area contributed by atoms with Crippen molar-refractivity contribution in [1.82, 2.24) is 15.5 Å². The maximum atomic E-state index is 12.5. The van der Waals surface area contributed by atoms with E-state index in [1.165, 1.54) is 0 Å². The molecular formula is C19H28BBrClN3O4. The van der Waals surface area contributed by atoms with Crippen molar-refractivity contribution in [1.29, 1.82) is 0 Å². The molecule has 1 aromatic carbocycles. The minimum Gasteiger partial charge on any atom is -0.408 e.